The second-order valence-corrected chi connectivity index (χ2v) is 4.09. The maximum Gasteiger partial charge on any atom is 0.331 e. The molecule has 0 bridgehead atoms. The van der Waals surface area contributed by atoms with Gasteiger partial charge in [0.2, 0.25) is 17.7 Å². The molecule has 86 valence electrons. The predicted molar refractivity (Wildman–Crippen MR) is 50.7 cm³/mol. The fourth-order valence-electron chi connectivity index (χ4n) is 1.74. The van der Waals surface area contributed by atoms with E-state index in [0.717, 1.165) is 4.90 Å². The van der Waals surface area contributed by atoms with Crippen molar-refractivity contribution in [3.63, 3.8) is 0 Å². The lowest BCUT2D eigenvalue weighted by Gasteiger charge is -2.32. The van der Waals surface area contributed by atoms with Crippen LogP contribution in [-0.4, -0.2) is 34.7 Å². The van der Waals surface area contributed by atoms with Crippen molar-refractivity contribution in [3.05, 3.63) is 0 Å². The zero-order chi connectivity index (χ0) is 12.1. The molecule has 0 aromatic heterocycles. The van der Waals surface area contributed by atoms with Crippen molar-refractivity contribution in [2.24, 2.45) is 11.1 Å². The molecule has 1 saturated carbocycles. The average Bonchev–Trinajstić information content (AvgIpc) is 2.96. The first-order valence-electron chi connectivity index (χ1n) is 4.88. The quantitative estimate of drug-likeness (QED) is 0.570. The second kappa shape index (κ2) is 3.03. The second-order valence-electron chi connectivity index (χ2n) is 4.09. The first kappa shape index (κ1) is 10.6. The van der Waals surface area contributed by atoms with Crippen molar-refractivity contribution in [2.45, 2.75) is 25.8 Å². The SMILES string of the molecule is CC(C(N)=O)N1C(=O)NC(=O)C2(CC2)C1=O. The van der Waals surface area contributed by atoms with E-state index in [9.17, 15) is 19.2 Å². The maximum atomic E-state index is 11.9. The molecule has 1 spiro atoms. The van der Waals surface area contributed by atoms with E-state index < -0.39 is 35.2 Å². The number of hydrogen-bond acceptors (Lipinski definition) is 4. The molecule has 1 aliphatic carbocycles. The summed E-state index contributed by atoms with van der Waals surface area (Å²) in [5.74, 6) is -1.98. The number of urea groups is 1. The molecule has 5 amide bonds. The first-order valence-corrected chi connectivity index (χ1v) is 4.88. The number of nitrogens with two attached hydrogens (primary N) is 1. The minimum atomic E-state index is -1.13. The molecule has 1 atom stereocenters. The molecule has 0 aromatic carbocycles. The van der Waals surface area contributed by atoms with Gasteiger partial charge in [-0.25, -0.2) is 4.79 Å². The molecule has 7 heteroatoms. The Bertz CT molecular complexity index is 413. The van der Waals surface area contributed by atoms with E-state index in [1.54, 1.807) is 0 Å². The highest BCUT2D eigenvalue weighted by Crippen LogP contribution is 2.49. The summed E-state index contributed by atoms with van der Waals surface area (Å²) < 4.78 is 0. The van der Waals surface area contributed by atoms with Crippen molar-refractivity contribution in [1.82, 2.24) is 10.2 Å². The van der Waals surface area contributed by atoms with Crippen LogP contribution in [0.3, 0.4) is 0 Å². The topological polar surface area (TPSA) is 110 Å². The van der Waals surface area contributed by atoms with E-state index >= 15 is 0 Å². The number of nitrogens with zero attached hydrogens (tertiary/aromatic N) is 1. The Hall–Kier alpha value is -1.92. The highest BCUT2D eigenvalue weighted by Gasteiger charge is 2.63. The van der Waals surface area contributed by atoms with Crippen LogP contribution in [0.2, 0.25) is 0 Å². The number of rotatable bonds is 2. The summed E-state index contributed by atoms with van der Waals surface area (Å²) in [5, 5.41) is 2.07. The summed E-state index contributed by atoms with van der Waals surface area (Å²) in [6.45, 7) is 1.35. The number of amides is 5. The zero-order valence-electron chi connectivity index (χ0n) is 8.65. The van der Waals surface area contributed by atoms with Crippen LogP contribution >= 0.6 is 0 Å². The Kier molecular flexibility index (Phi) is 2.01. The third kappa shape index (κ3) is 1.21. The minimum Gasteiger partial charge on any atom is -0.368 e. The Labute approximate surface area is 90.9 Å². The number of carbonyl (C=O) groups excluding carboxylic acids is 4. The fourth-order valence-corrected chi connectivity index (χ4v) is 1.74. The number of nitrogens with one attached hydrogen (secondary N) is 1. The van der Waals surface area contributed by atoms with Gasteiger partial charge in [0.15, 0.2) is 0 Å². The van der Waals surface area contributed by atoms with Gasteiger partial charge in [0.25, 0.3) is 0 Å². The van der Waals surface area contributed by atoms with Crippen LogP contribution in [0.5, 0.6) is 0 Å². The van der Waals surface area contributed by atoms with Crippen LogP contribution in [0.1, 0.15) is 19.8 Å². The molecule has 1 saturated heterocycles. The van der Waals surface area contributed by atoms with Crippen LogP contribution in [0.15, 0.2) is 0 Å². The Morgan fingerprint density at radius 2 is 2.00 bits per heavy atom. The van der Waals surface area contributed by atoms with E-state index in [0.29, 0.717) is 12.8 Å². The van der Waals surface area contributed by atoms with Gasteiger partial charge in [-0.2, -0.15) is 0 Å². The van der Waals surface area contributed by atoms with Crippen LogP contribution in [-0.2, 0) is 14.4 Å². The summed E-state index contributed by atoms with van der Waals surface area (Å²) in [7, 11) is 0. The molecular formula is C9H11N3O4. The van der Waals surface area contributed by atoms with E-state index in [-0.39, 0.29) is 0 Å². The normalized spacial score (nSPS) is 24.3. The van der Waals surface area contributed by atoms with Gasteiger partial charge < -0.3 is 5.73 Å². The summed E-state index contributed by atoms with van der Waals surface area (Å²) in [6, 6.07) is -1.92. The lowest BCUT2D eigenvalue weighted by Crippen LogP contribution is -2.63. The lowest BCUT2D eigenvalue weighted by molar-refractivity contribution is -0.148. The summed E-state index contributed by atoms with van der Waals surface area (Å²) >= 11 is 0. The number of primary amides is 1. The number of barbiturate groups is 1. The largest absolute Gasteiger partial charge is 0.368 e. The van der Waals surface area contributed by atoms with Gasteiger partial charge in [0.1, 0.15) is 11.5 Å². The molecule has 7 nitrogen and oxygen atoms in total. The molecule has 0 aromatic rings. The monoisotopic (exact) mass is 225 g/mol. The fraction of sp³-hybridized carbons (Fsp3) is 0.556. The number of carbonyl (C=O) groups is 4. The molecule has 2 fully saturated rings. The van der Waals surface area contributed by atoms with E-state index in [1.165, 1.54) is 6.92 Å². The van der Waals surface area contributed by atoms with Gasteiger partial charge in [-0.15, -0.1) is 0 Å². The number of imide groups is 2. The van der Waals surface area contributed by atoms with Crippen LogP contribution in [0.4, 0.5) is 4.79 Å². The van der Waals surface area contributed by atoms with Gasteiger partial charge in [-0.05, 0) is 19.8 Å². The van der Waals surface area contributed by atoms with Gasteiger partial charge in [-0.3, -0.25) is 24.6 Å². The van der Waals surface area contributed by atoms with Gasteiger partial charge in [0, 0.05) is 0 Å². The third-order valence-corrected chi connectivity index (χ3v) is 3.05. The molecule has 2 aliphatic rings. The Morgan fingerprint density at radius 1 is 1.44 bits per heavy atom. The van der Waals surface area contributed by atoms with Gasteiger partial charge in [0.05, 0.1) is 0 Å². The molecule has 2 rings (SSSR count). The van der Waals surface area contributed by atoms with Crippen LogP contribution in [0, 0.1) is 5.41 Å². The van der Waals surface area contributed by atoms with Crippen molar-refractivity contribution in [3.8, 4) is 0 Å². The minimum absolute atomic E-state index is 0.410. The highest BCUT2D eigenvalue weighted by atomic mass is 16.2. The molecule has 16 heavy (non-hydrogen) atoms. The smallest absolute Gasteiger partial charge is 0.331 e. The molecule has 3 N–H and O–H groups in total. The third-order valence-electron chi connectivity index (χ3n) is 3.05. The lowest BCUT2D eigenvalue weighted by atomic mass is 10.0. The number of hydrogen-bond donors (Lipinski definition) is 2. The van der Waals surface area contributed by atoms with Gasteiger partial charge in [-0.1, -0.05) is 0 Å². The molecule has 1 unspecified atom stereocenters. The van der Waals surface area contributed by atoms with Crippen LogP contribution in [0.25, 0.3) is 0 Å². The van der Waals surface area contributed by atoms with Crippen LogP contribution < -0.4 is 11.1 Å². The highest BCUT2D eigenvalue weighted by molar-refractivity contribution is 6.21. The zero-order valence-corrected chi connectivity index (χ0v) is 8.65. The Balaban J connectivity index is 2.32. The average molecular weight is 225 g/mol. The van der Waals surface area contributed by atoms with Crippen molar-refractivity contribution in [1.29, 1.82) is 0 Å². The molecule has 0 radical (unpaired) electrons. The molecule has 1 aliphatic heterocycles. The van der Waals surface area contributed by atoms with E-state index in [1.807, 2.05) is 0 Å². The van der Waals surface area contributed by atoms with Crippen molar-refractivity contribution >= 4 is 23.8 Å². The molecular weight excluding hydrogens is 214 g/mol. The predicted octanol–water partition coefficient (Wildman–Crippen LogP) is -1.28. The summed E-state index contributed by atoms with van der Waals surface area (Å²) in [5.41, 5.74) is 3.91. The van der Waals surface area contributed by atoms with Crippen molar-refractivity contribution < 1.29 is 19.2 Å². The molecule has 1 heterocycles. The first-order chi connectivity index (χ1) is 7.40. The van der Waals surface area contributed by atoms with Crippen molar-refractivity contribution in [2.75, 3.05) is 0 Å². The van der Waals surface area contributed by atoms with E-state index in [2.05, 4.69) is 5.32 Å². The Morgan fingerprint density at radius 3 is 2.44 bits per heavy atom. The van der Waals surface area contributed by atoms with Gasteiger partial charge >= 0.3 is 6.03 Å². The van der Waals surface area contributed by atoms with E-state index in [4.69, 9.17) is 5.73 Å². The standard InChI is InChI=1S/C9H11N3O4/c1-4(5(10)13)12-7(15)9(2-3-9)6(14)11-8(12)16/h4H,2-3H2,1H3,(H2,10,13)(H,11,14,16). The maximum absolute atomic E-state index is 11.9. The summed E-state index contributed by atoms with van der Waals surface area (Å²) in [4.78, 5) is 46.5. The summed E-state index contributed by atoms with van der Waals surface area (Å²) in [6.07, 6.45) is 0.819.